The molecule has 1 aliphatic rings. The third kappa shape index (κ3) is 3.94. The summed E-state index contributed by atoms with van der Waals surface area (Å²) in [6, 6.07) is 3.24. The zero-order valence-corrected chi connectivity index (χ0v) is 12.7. The molecule has 1 aliphatic carbocycles. The lowest BCUT2D eigenvalue weighted by Gasteiger charge is -2.41. The second-order valence-electron chi connectivity index (χ2n) is 5.58. The first-order chi connectivity index (χ1) is 9.94. The average molecular weight is 311 g/mol. The summed E-state index contributed by atoms with van der Waals surface area (Å²) in [5.41, 5.74) is 0.606. The van der Waals surface area contributed by atoms with E-state index in [0.717, 1.165) is 25.0 Å². The van der Waals surface area contributed by atoms with Crippen molar-refractivity contribution in [2.75, 3.05) is 0 Å². The van der Waals surface area contributed by atoms with Crippen molar-refractivity contribution >= 4 is 23.5 Å². The highest BCUT2D eigenvalue weighted by atomic mass is 35.5. The molecule has 0 saturated heterocycles. The summed E-state index contributed by atoms with van der Waals surface area (Å²) < 4.78 is 0. The third-order valence-electron chi connectivity index (χ3n) is 3.79. The number of nitrogens with zero attached hydrogens (tertiary/aromatic N) is 1. The zero-order chi connectivity index (χ0) is 15.5. The number of carboxylic acids is 1. The molecule has 1 saturated carbocycles. The lowest BCUT2D eigenvalue weighted by Crippen LogP contribution is -2.54. The van der Waals surface area contributed by atoms with E-state index in [1.807, 2.05) is 6.92 Å². The van der Waals surface area contributed by atoms with Crippen LogP contribution in [0.15, 0.2) is 12.1 Å². The molecule has 1 amide bonds. The van der Waals surface area contributed by atoms with Gasteiger partial charge in [-0.05, 0) is 37.8 Å². The number of hydrogen-bond acceptors (Lipinski definition) is 3. The van der Waals surface area contributed by atoms with Crippen LogP contribution in [0.3, 0.4) is 0 Å². The van der Waals surface area contributed by atoms with Gasteiger partial charge in [0.05, 0.1) is 12.0 Å². The minimum Gasteiger partial charge on any atom is -0.481 e. The minimum atomic E-state index is -0.894. The first-order valence-electron chi connectivity index (χ1n) is 7.15. The predicted molar refractivity (Wildman–Crippen MR) is 79.5 cm³/mol. The summed E-state index contributed by atoms with van der Waals surface area (Å²) in [5, 5.41) is 12.1. The van der Waals surface area contributed by atoms with Crippen molar-refractivity contribution in [3.63, 3.8) is 0 Å². The van der Waals surface area contributed by atoms with Gasteiger partial charge in [0.1, 0.15) is 5.15 Å². The van der Waals surface area contributed by atoms with Gasteiger partial charge in [0.15, 0.2) is 0 Å². The smallest absolute Gasteiger partial charge is 0.305 e. The molecule has 1 fully saturated rings. The van der Waals surface area contributed by atoms with Crippen LogP contribution >= 0.6 is 11.6 Å². The number of aliphatic carboxylic acids is 1. The Morgan fingerprint density at radius 2 is 2.14 bits per heavy atom. The number of aromatic nitrogens is 1. The molecule has 5 nitrogen and oxygen atoms in total. The van der Waals surface area contributed by atoms with Crippen LogP contribution < -0.4 is 5.32 Å². The highest BCUT2D eigenvalue weighted by Crippen LogP contribution is 2.35. The molecule has 1 heterocycles. The molecular formula is C15H19ClN2O3. The van der Waals surface area contributed by atoms with E-state index in [1.165, 1.54) is 6.07 Å². The van der Waals surface area contributed by atoms with Crippen LogP contribution in [-0.2, 0) is 11.2 Å². The van der Waals surface area contributed by atoms with Crippen molar-refractivity contribution in [1.29, 1.82) is 0 Å². The SMILES string of the molecule is CCCc1cc(C(=O)NC2(CC(=O)O)CCC2)cc(Cl)n1. The van der Waals surface area contributed by atoms with E-state index >= 15 is 0 Å². The molecule has 0 spiro atoms. The number of carbonyl (C=O) groups excluding carboxylic acids is 1. The van der Waals surface area contributed by atoms with E-state index in [0.29, 0.717) is 18.4 Å². The second-order valence-corrected chi connectivity index (χ2v) is 5.97. The predicted octanol–water partition coefficient (Wildman–Crippen LogP) is 2.81. The molecular weight excluding hydrogens is 292 g/mol. The topological polar surface area (TPSA) is 79.3 Å². The number of nitrogens with one attached hydrogen (secondary N) is 1. The van der Waals surface area contributed by atoms with Gasteiger partial charge in [-0.2, -0.15) is 0 Å². The molecule has 0 radical (unpaired) electrons. The Kier molecular flexibility index (Phi) is 4.83. The van der Waals surface area contributed by atoms with Crippen molar-refractivity contribution in [1.82, 2.24) is 10.3 Å². The lowest BCUT2D eigenvalue weighted by atomic mass is 9.74. The van der Waals surface area contributed by atoms with E-state index in [4.69, 9.17) is 16.7 Å². The average Bonchev–Trinajstić information content (AvgIpc) is 2.35. The second kappa shape index (κ2) is 6.43. The third-order valence-corrected chi connectivity index (χ3v) is 3.99. The van der Waals surface area contributed by atoms with Gasteiger partial charge >= 0.3 is 5.97 Å². The van der Waals surface area contributed by atoms with Crippen LogP contribution in [0.2, 0.25) is 5.15 Å². The molecule has 2 rings (SSSR count). The minimum absolute atomic E-state index is 0.0423. The van der Waals surface area contributed by atoms with Crippen molar-refractivity contribution in [2.45, 2.75) is 51.0 Å². The van der Waals surface area contributed by atoms with E-state index < -0.39 is 11.5 Å². The molecule has 1 aromatic rings. The Labute approximate surface area is 128 Å². The Bertz CT molecular complexity index is 556. The zero-order valence-electron chi connectivity index (χ0n) is 12.0. The van der Waals surface area contributed by atoms with Crippen molar-refractivity contribution in [3.8, 4) is 0 Å². The van der Waals surface area contributed by atoms with Gasteiger partial charge in [0, 0.05) is 11.3 Å². The first-order valence-corrected chi connectivity index (χ1v) is 7.53. The summed E-state index contributed by atoms with van der Waals surface area (Å²) in [7, 11) is 0. The molecule has 6 heteroatoms. The van der Waals surface area contributed by atoms with Gasteiger partial charge in [0.25, 0.3) is 5.91 Å². The van der Waals surface area contributed by atoms with Crippen LogP contribution in [0.1, 0.15) is 55.1 Å². The van der Waals surface area contributed by atoms with E-state index in [9.17, 15) is 9.59 Å². The normalized spacial score (nSPS) is 16.1. The molecule has 0 unspecified atom stereocenters. The maximum Gasteiger partial charge on any atom is 0.305 e. The van der Waals surface area contributed by atoms with Gasteiger partial charge in [-0.1, -0.05) is 24.9 Å². The maximum absolute atomic E-state index is 12.4. The number of halogens is 1. The van der Waals surface area contributed by atoms with E-state index in [2.05, 4.69) is 10.3 Å². The molecule has 1 aromatic heterocycles. The molecule has 0 bridgehead atoms. The molecule has 0 aliphatic heterocycles. The fraction of sp³-hybridized carbons (Fsp3) is 0.533. The Morgan fingerprint density at radius 1 is 1.43 bits per heavy atom. The Hall–Kier alpha value is -1.62. The fourth-order valence-electron chi connectivity index (χ4n) is 2.62. The summed E-state index contributed by atoms with van der Waals surface area (Å²) in [6.07, 6.45) is 3.96. The molecule has 2 N–H and O–H groups in total. The lowest BCUT2D eigenvalue weighted by molar-refractivity contribution is -0.139. The highest BCUT2D eigenvalue weighted by Gasteiger charge is 2.40. The van der Waals surface area contributed by atoms with E-state index in [-0.39, 0.29) is 17.5 Å². The summed E-state index contributed by atoms with van der Waals surface area (Å²) in [6.45, 7) is 2.03. The number of hydrogen-bond donors (Lipinski definition) is 2. The van der Waals surface area contributed by atoms with Gasteiger partial charge in [-0.15, -0.1) is 0 Å². The van der Waals surface area contributed by atoms with Crippen molar-refractivity contribution in [2.24, 2.45) is 0 Å². The standard InChI is InChI=1S/C15H19ClN2O3/c1-2-4-11-7-10(8-12(16)17-11)14(21)18-15(5-3-6-15)9-13(19)20/h7-8H,2-6,9H2,1H3,(H,18,21)(H,19,20). The molecule has 0 aromatic carbocycles. The van der Waals surface area contributed by atoms with Gasteiger partial charge in [0.2, 0.25) is 0 Å². The largest absolute Gasteiger partial charge is 0.481 e. The van der Waals surface area contributed by atoms with Crippen LogP contribution in [0.4, 0.5) is 0 Å². The van der Waals surface area contributed by atoms with E-state index in [1.54, 1.807) is 6.07 Å². The van der Waals surface area contributed by atoms with Crippen LogP contribution in [0.5, 0.6) is 0 Å². The van der Waals surface area contributed by atoms with Gasteiger partial charge in [-0.3, -0.25) is 9.59 Å². The molecule has 21 heavy (non-hydrogen) atoms. The van der Waals surface area contributed by atoms with Crippen LogP contribution in [0, 0.1) is 0 Å². The number of amides is 1. The monoisotopic (exact) mass is 310 g/mol. The number of carbonyl (C=O) groups is 2. The maximum atomic E-state index is 12.4. The van der Waals surface area contributed by atoms with Crippen LogP contribution in [-0.4, -0.2) is 27.5 Å². The molecule has 0 atom stereocenters. The van der Waals surface area contributed by atoms with Gasteiger partial charge < -0.3 is 10.4 Å². The van der Waals surface area contributed by atoms with Crippen LogP contribution in [0.25, 0.3) is 0 Å². The number of rotatable bonds is 6. The number of pyridine rings is 1. The number of carboxylic acid groups (broad SMARTS) is 1. The highest BCUT2D eigenvalue weighted by molar-refractivity contribution is 6.29. The first kappa shape index (κ1) is 15.8. The molecule has 114 valence electrons. The summed E-state index contributed by atoms with van der Waals surface area (Å²) >= 11 is 5.95. The van der Waals surface area contributed by atoms with Crippen molar-refractivity contribution in [3.05, 3.63) is 28.5 Å². The Balaban J connectivity index is 2.14. The van der Waals surface area contributed by atoms with Gasteiger partial charge in [-0.25, -0.2) is 4.98 Å². The quantitative estimate of drug-likeness (QED) is 0.792. The number of aryl methyl sites for hydroxylation is 1. The Morgan fingerprint density at radius 3 is 2.67 bits per heavy atom. The van der Waals surface area contributed by atoms with Crippen molar-refractivity contribution < 1.29 is 14.7 Å². The summed E-state index contributed by atoms with van der Waals surface area (Å²) in [5.74, 6) is -1.17. The summed E-state index contributed by atoms with van der Waals surface area (Å²) in [4.78, 5) is 27.5. The fourth-order valence-corrected chi connectivity index (χ4v) is 2.84.